The topological polar surface area (TPSA) is 6.48 Å². The Hall–Kier alpha value is -6.59. The van der Waals surface area contributed by atoms with E-state index in [0.717, 1.165) is 17.8 Å². The first-order chi connectivity index (χ1) is 29.3. The van der Waals surface area contributed by atoms with E-state index in [1.165, 1.54) is 80.4 Å². The summed E-state index contributed by atoms with van der Waals surface area (Å²) in [6.07, 6.45) is 9.93. The molecule has 0 saturated heterocycles. The largest absolute Gasteiger partial charge is 0.333 e. The van der Waals surface area contributed by atoms with E-state index in [2.05, 4.69) is 222 Å². The van der Waals surface area contributed by atoms with Crippen LogP contribution in [-0.2, 0) is 5.41 Å². The number of thiophene rings is 1. The Labute approximate surface area is 353 Å². The number of fused-ring (bicyclic) bond motifs is 12. The van der Waals surface area contributed by atoms with E-state index in [1.54, 1.807) is 0 Å². The first kappa shape index (κ1) is 34.5. The molecule has 1 atom stereocenters. The Balaban J connectivity index is 1.13. The van der Waals surface area contributed by atoms with Gasteiger partial charge in [0.2, 0.25) is 0 Å². The van der Waals surface area contributed by atoms with Gasteiger partial charge in [-0.05, 0) is 107 Å². The number of hydrogen-bond donors (Lipinski definition) is 0. The van der Waals surface area contributed by atoms with Gasteiger partial charge in [0.1, 0.15) is 0 Å². The van der Waals surface area contributed by atoms with Gasteiger partial charge in [-0.3, -0.25) is 0 Å². The summed E-state index contributed by atoms with van der Waals surface area (Å²) in [7, 11) is 0. The quantitative estimate of drug-likeness (QED) is 0.166. The summed E-state index contributed by atoms with van der Waals surface area (Å²) < 4.78 is 2.57. The van der Waals surface area contributed by atoms with Crippen molar-refractivity contribution < 1.29 is 0 Å². The highest BCUT2D eigenvalue weighted by atomic mass is 32.2. The molecule has 1 unspecified atom stereocenters. The minimum Gasteiger partial charge on any atom is -0.333 e. The lowest BCUT2D eigenvalue weighted by Crippen LogP contribution is -2.32. The minimum absolute atomic E-state index is 0.196. The summed E-state index contributed by atoms with van der Waals surface area (Å²) in [6.45, 7) is 0. The molecule has 2 nitrogen and oxygen atoms in total. The fourth-order valence-corrected chi connectivity index (χ4v) is 12.4. The van der Waals surface area contributed by atoms with Crippen LogP contribution in [0.4, 0.5) is 28.4 Å². The van der Waals surface area contributed by atoms with E-state index < -0.39 is 5.41 Å². The standard InChI is InChI=1S/C55H38N2S2/c1-4-18-37(19-5-1)56(38-20-6-2-7-21-38)49-34-33-48(53-43-26-12-16-30-50(43)59-54(49)53)57(39-22-8-3-9-23-39)40-32-35-52-47(36-40)55(46-29-15-17-31-51(46)58-52)44-27-13-10-24-41(44)42-25-11-14-28-45(42)55/h1-20,22-36,38H,21H2. The van der Waals surface area contributed by atoms with Gasteiger partial charge in [-0.1, -0.05) is 157 Å². The highest BCUT2D eigenvalue weighted by molar-refractivity contribution is 7.99. The fraction of sp³-hybridized carbons (Fsp3) is 0.0545. The van der Waals surface area contributed by atoms with Crippen molar-refractivity contribution in [2.24, 2.45) is 0 Å². The highest BCUT2D eigenvalue weighted by Gasteiger charge is 2.50. The van der Waals surface area contributed by atoms with Gasteiger partial charge in [0.25, 0.3) is 0 Å². The van der Waals surface area contributed by atoms with Crippen molar-refractivity contribution >= 4 is 71.7 Å². The number of allylic oxidation sites excluding steroid dienone is 2. The molecule has 0 amide bonds. The lowest BCUT2D eigenvalue weighted by Gasteiger charge is -2.40. The van der Waals surface area contributed by atoms with Crippen LogP contribution in [0.25, 0.3) is 31.3 Å². The van der Waals surface area contributed by atoms with Crippen molar-refractivity contribution in [1.29, 1.82) is 0 Å². The summed E-state index contributed by atoms with van der Waals surface area (Å²) in [6, 6.07) is 70.2. The molecule has 3 aliphatic rings. The smallest absolute Gasteiger partial charge is 0.0736 e. The predicted molar refractivity (Wildman–Crippen MR) is 251 cm³/mol. The Morgan fingerprint density at radius 2 is 1.12 bits per heavy atom. The normalized spacial score (nSPS) is 15.5. The molecule has 0 fully saturated rings. The maximum atomic E-state index is 2.54. The number of rotatable bonds is 6. The average molecular weight is 791 g/mol. The zero-order valence-corrected chi connectivity index (χ0v) is 33.8. The van der Waals surface area contributed by atoms with E-state index in [0.29, 0.717) is 0 Å². The predicted octanol–water partition coefficient (Wildman–Crippen LogP) is 15.4. The van der Waals surface area contributed by atoms with Crippen LogP contribution in [0.15, 0.2) is 222 Å². The molecule has 0 N–H and O–H groups in total. The second-order valence-electron chi connectivity index (χ2n) is 15.5. The first-order valence-corrected chi connectivity index (χ1v) is 22.0. The summed E-state index contributed by atoms with van der Waals surface area (Å²) in [5, 5.41) is 2.54. The molecule has 4 heteroatoms. The van der Waals surface area contributed by atoms with Crippen LogP contribution in [0.2, 0.25) is 0 Å². The Bertz CT molecular complexity index is 3100. The third-order valence-corrected chi connectivity index (χ3v) is 14.8. The number of para-hydroxylation sites is 2. The number of hydrogen-bond acceptors (Lipinski definition) is 4. The zero-order chi connectivity index (χ0) is 38.9. The van der Waals surface area contributed by atoms with E-state index in [-0.39, 0.29) is 6.04 Å². The third kappa shape index (κ3) is 5.20. The molecule has 1 aliphatic heterocycles. The molecule has 0 bridgehead atoms. The van der Waals surface area contributed by atoms with Gasteiger partial charge in [0.15, 0.2) is 0 Å². The maximum Gasteiger partial charge on any atom is 0.0736 e. The molecule has 59 heavy (non-hydrogen) atoms. The Morgan fingerprint density at radius 1 is 0.492 bits per heavy atom. The lowest BCUT2D eigenvalue weighted by molar-refractivity contribution is 0.722. The van der Waals surface area contributed by atoms with Crippen LogP contribution in [0.3, 0.4) is 0 Å². The molecule has 8 aromatic carbocycles. The Kier molecular flexibility index (Phi) is 8.04. The minimum atomic E-state index is -0.463. The molecular formula is C55H38N2S2. The van der Waals surface area contributed by atoms with Gasteiger partial charge in [-0.15, -0.1) is 11.3 Å². The van der Waals surface area contributed by atoms with Crippen molar-refractivity contribution in [3.8, 4) is 11.1 Å². The second kappa shape index (κ2) is 13.8. The maximum absolute atomic E-state index is 2.54. The van der Waals surface area contributed by atoms with Gasteiger partial charge in [0.05, 0.1) is 27.5 Å². The second-order valence-corrected chi connectivity index (χ2v) is 17.7. The summed E-state index contributed by atoms with van der Waals surface area (Å²) in [4.78, 5) is 7.66. The van der Waals surface area contributed by atoms with Crippen LogP contribution in [0.5, 0.6) is 0 Å². The van der Waals surface area contributed by atoms with Crippen LogP contribution in [0, 0.1) is 0 Å². The molecule has 1 aromatic heterocycles. The van der Waals surface area contributed by atoms with Crippen LogP contribution >= 0.6 is 23.1 Å². The van der Waals surface area contributed by atoms with Gasteiger partial charge in [0, 0.05) is 42.3 Å². The number of anilines is 5. The molecule has 12 rings (SSSR count). The molecule has 2 heterocycles. The third-order valence-electron chi connectivity index (χ3n) is 12.4. The summed E-state index contributed by atoms with van der Waals surface area (Å²) >= 11 is 3.79. The first-order valence-electron chi connectivity index (χ1n) is 20.4. The average Bonchev–Trinajstić information content (AvgIpc) is 3.84. The van der Waals surface area contributed by atoms with E-state index in [4.69, 9.17) is 0 Å². The monoisotopic (exact) mass is 790 g/mol. The number of nitrogens with zero attached hydrogens (tertiary/aromatic N) is 2. The number of benzene rings is 8. The van der Waals surface area contributed by atoms with E-state index in [9.17, 15) is 0 Å². The summed E-state index contributed by atoms with van der Waals surface area (Å²) in [5.41, 5.74) is 13.4. The SMILES string of the molecule is C1=CCC(N(c2ccccc2)c2ccc(N(c3ccccc3)c3ccc4c(c3)C3(c5ccccc5S4)c4ccccc4-c4ccccc43)c3c2sc2ccccc23)C=C1. The fourth-order valence-electron chi connectivity index (χ4n) is 10.0. The van der Waals surface area contributed by atoms with Crippen molar-refractivity contribution in [3.63, 3.8) is 0 Å². The lowest BCUT2D eigenvalue weighted by atomic mass is 9.67. The van der Waals surface area contributed by atoms with Gasteiger partial charge < -0.3 is 9.80 Å². The molecule has 2 aliphatic carbocycles. The van der Waals surface area contributed by atoms with Crippen LogP contribution < -0.4 is 9.80 Å². The molecule has 280 valence electrons. The van der Waals surface area contributed by atoms with Crippen molar-refractivity contribution in [3.05, 3.63) is 235 Å². The van der Waals surface area contributed by atoms with Gasteiger partial charge >= 0.3 is 0 Å². The van der Waals surface area contributed by atoms with E-state index in [1.807, 2.05) is 23.1 Å². The molecule has 0 saturated carbocycles. The Morgan fingerprint density at radius 3 is 1.86 bits per heavy atom. The van der Waals surface area contributed by atoms with E-state index >= 15 is 0 Å². The van der Waals surface area contributed by atoms with Crippen molar-refractivity contribution in [1.82, 2.24) is 0 Å². The van der Waals surface area contributed by atoms with Crippen LogP contribution in [-0.4, -0.2) is 6.04 Å². The molecule has 1 spiro atoms. The van der Waals surface area contributed by atoms with Gasteiger partial charge in [-0.25, -0.2) is 0 Å². The van der Waals surface area contributed by atoms with Gasteiger partial charge in [-0.2, -0.15) is 0 Å². The van der Waals surface area contributed by atoms with Crippen molar-refractivity contribution in [2.75, 3.05) is 9.80 Å². The molecular weight excluding hydrogens is 753 g/mol. The van der Waals surface area contributed by atoms with Crippen molar-refractivity contribution in [2.45, 2.75) is 27.7 Å². The summed E-state index contributed by atoms with van der Waals surface area (Å²) in [5.74, 6) is 0. The molecule has 9 aromatic rings. The molecule has 0 radical (unpaired) electrons. The highest BCUT2D eigenvalue weighted by Crippen LogP contribution is 2.63. The zero-order valence-electron chi connectivity index (χ0n) is 32.2. The van der Waals surface area contributed by atoms with Crippen LogP contribution in [0.1, 0.15) is 28.7 Å².